The van der Waals surface area contributed by atoms with Crippen molar-refractivity contribution in [3.05, 3.63) is 139 Å². The van der Waals surface area contributed by atoms with Gasteiger partial charge in [0.1, 0.15) is 0 Å². The summed E-state index contributed by atoms with van der Waals surface area (Å²) in [6.45, 7) is 13.7. The van der Waals surface area contributed by atoms with E-state index in [2.05, 4.69) is 136 Å². The molecule has 1 radical (unpaired) electrons. The molecular weight excluding hydrogens is 753 g/mol. The van der Waals surface area contributed by atoms with Gasteiger partial charge in [0.05, 0.1) is 8.07 Å². The molecule has 0 spiro atoms. The molecule has 0 aliphatic carbocycles. The van der Waals surface area contributed by atoms with Crippen molar-refractivity contribution >= 4 is 45.6 Å². The summed E-state index contributed by atoms with van der Waals surface area (Å²) in [5, 5.41) is 9.06. The molecule has 5 aromatic carbocycles. The van der Waals surface area contributed by atoms with Crippen molar-refractivity contribution in [2.45, 2.75) is 46.8 Å². The van der Waals surface area contributed by atoms with Crippen molar-refractivity contribution in [3.8, 4) is 22.5 Å². The van der Waals surface area contributed by atoms with Gasteiger partial charge in [-0.1, -0.05) is 122 Å². The fourth-order valence-electron chi connectivity index (χ4n) is 5.91. The molecule has 4 heteroatoms. The van der Waals surface area contributed by atoms with Crippen LogP contribution in [0.15, 0.2) is 116 Å². The zero-order chi connectivity index (χ0) is 31.6. The van der Waals surface area contributed by atoms with Crippen LogP contribution in [0.25, 0.3) is 54.8 Å². The van der Waals surface area contributed by atoms with Crippen LogP contribution in [0.5, 0.6) is 0 Å². The van der Waals surface area contributed by atoms with Crippen LogP contribution in [-0.4, -0.2) is 18.0 Å². The molecule has 46 heavy (non-hydrogen) atoms. The van der Waals surface area contributed by atoms with Gasteiger partial charge in [-0.2, -0.15) is 0 Å². The predicted molar refractivity (Wildman–Crippen MR) is 196 cm³/mol. The Hall–Kier alpha value is -3.95. The molecule has 2 nitrogen and oxygen atoms in total. The van der Waals surface area contributed by atoms with Gasteiger partial charge in [-0.25, -0.2) is 0 Å². The van der Waals surface area contributed by atoms with E-state index in [-0.39, 0.29) is 20.1 Å². The zero-order valence-corrected chi connectivity index (χ0v) is 30.9. The van der Waals surface area contributed by atoms with Gasteiger partial charge >= 0.3 is 0 Å². The molecular formula is C42H40IrN2Si-2. The first-order valence-electron chi connectivity index (χ1n) is 15.8. The van der Waals surface area contributed by atoms with Gasteiger partial charge in [0.25, 0.3) is 0 Å². The Morgan fingerprint density at radius 2 is 1.24 bits per heavy atom. The first-order valence-corrected chi connectivity index (χ1v) is 19.3. The fraction of sp³-hybridized carbons (Fsp3) is 0.190. The maximum absolute atomic E-state index is 4.73. The van der Waals surface area contributed by atoms with Crippen LogP contribution in [0.1, 0.15) is 25.0 Å². The third kappa shape index (κ3) is 7.21. The van der Waals surface area contributed by atoms with Crippen LogP contribution in [0.2, 0.25) is 19.6 Å². The van der Waals surface area contributed by atoms with Gasteiger partial charge < -0.3 is 9.97 Å². The average molecular weight is 793 g/mol. The van der Waals surface area contributed by atoms with Crippen LogP contribution < -0.4 is 5.19 Å². The number of hydrogen-bond donors (Lipinski definition) is 0. The van der Waals surface area contributed by atoms with E-state index < -0.39 is 8.07 Å². The normalized spacial score (nSPS) is 11.4. The van der Waals surface area contributed by atoms with E-state index in [4.69, 9.17) is 4.98 Å². The van der Waals surface area contributed by atoms with Gasteiger partial charge in [-0.15, -0.1) is 59.7 Å². The number of hydrogen-bond acceptors (Lipinski definition) is 2. The third-order valence-electron chi connectivity index (χ3n) is 8.41. The van der Waals surface area contributed by atoms with Gasteiger partial charge in [0.15, 0.2) is 0 Å². The standard InChI is InChI=1S/C28H24N.C14H16NSi.Ir/c1-18(2)14-21-16-28(29-17-19(21)3)20-12-13-26-24-10-5-4-8-22(24)23-9-6-7-11-25(23)27(26)15-20;1-16(2,3)13-9-10-14(15-11-13)12-7-5-4-6-8-12;/h4-11,13,15-18H,14H2,1-3H3;4-7,9-11H,1-3H3;/q2*-1;. The van der Waals surface area contributed by atoms with Gasteiger partial charge in [0, 0.05) is 32.5 Å². The summed E-state index contributed by atoms with van der Waals surface area (Å²) >= 11 is 0. The number of nitrogens with zero attached hydrogens (tertiary/aromatic N) is 2. The summed E-state index contributed by atoms with van der Waals surface area (Å²) in [5.41, 5.74) is 6.77. The molecule has 7 rings (SSSR count). The minimum absolute atomic E-state index is 0. The molecule has 0 aliphatic heterocycles. The molecule has 2 heterocycles. The fourth-order valence-corrected chi connectivity index (χ4v) is 6.95. The summed E-state index contributed by atoms with van der Waals surface area (Å²) in [4.78, 5) is 9.25. The first kappa shape index (κ1) is 33.4. The van der Waals surface area contributed by atoms with E-state index in [1.165, 1.54) is 48.6 Å². The predicted octanol–water partition coefficient (Wildman–Crippen LogP) is 10.6. The molecule has 0 saturated carbocycles. The number of rotatable bonds is 5. The van der Waals surface area contributed by atoms with E-state index in [9.17, 15) is 0 Å². The second-order valence-electron chi connectivity index (χ2n) is 13.3. The Labute approximate surface area is 288 Å². The third-order valence-corrected chi connectivity index (χ3v) is 10.4. The molecule has 0 saturated heterocycles. The number of fused-ring (bicyclic) bond motifs is 6. The summed E-state index contributed by atoms with van der Waals surface area (Å²) in [6.07, 6.45) is 5.09. The van der Waals surface area contributed by atoms with Gasteiger partial charge in [-0.05, 0) is 57.6 Å². The maximum atomic E-state index is 4.73. The second kappa shape index (κ2) is 14.2. The molecule has 0 aliphatic rings. The Morgan fingerprint density at radius 1 is 0.630 bits per heavy atom. The van der Waals surface area contributed by atoms with E-state index in [1.807, 2.05) is 36.7 Å². The number of benzene rings is 5. The van der Waals surface area contributed by atoms with Crippen molar-refractivity contribution in [2.24, 2.45) is 5.92 Å². The Kier molecular flexibility index (Phi) is 10.3. The van der Waals surface area contributed by atoms with Crippen molar-refractivity contribution in [1.29, 1.82) is 0 Å². The van der Waals surface area contributed by atoms with E-state index in [1.54, 1.807) is 0 Å². The summed E-state index contributed by atoms with van der Waals surface area (Å²) in [5.74, 6) is 0.625. The largest absolute Gasteiger partial charge is 0.305 e. The van der Waals surface area contributed by atoms with Crippen LogP contribution in [-0.2, 0) is 26.5 Å². The number of pyridine rings is 2. The molecule has 7 aromatic rings. The Morgan fingerprint density at radius 3 is 1.80 bits per heavy atom. The molecule has 2 aromatic heterocycles. The van der Waals surface area contributed by atoms with Crippen molar-refractivity contribution in [2.75, 3.05) is 0 Å². The van der Waals surface area contributed by atoms with Gasteiger partial charge in [-0.3, -0.25) is 0 Å². The maximum Gasteiger partial charge on any atom is 0.0795 e. The monoisotopic (exact) mass is 793 g/mol. The number of aryl methyl sites for hydroxylation is 1. The van der Waals surface area contributed by atoms with Crippen molar-refractivity contribution in [1.82, 2.24) is 9.97 Å². The topological polar surface area (TPSA) is 25.8 Å². The molecule has 0 atom stereocenters. The number of aromatic nitrogens is 2. The van der Waals surface area contributed by atoms with Crippen LogP contribution >= 0.6 is 0 Å². The van der Waals surface area contributed by atoms with E-state index >= 15 is 0 Å². The minimum Gasteiger partial charge on any atom is -0.305 e. The molecule has 233 valence electrons. The summed E-state index contributed by atoms with van der Waals surface area (Å²) in [7, 11) is -1.23. The quantitative estimate of drug-likeness (QED) is 0.0986. The van der Waals surface area contributed by atoms with Gasteiger partial charge in [0.2, 0.25) is 0 Å². The van der Waals surface area contributed by atoms with Crippen molar-refractivity contribution < 1.29 is 20.1 Å². The zero-order valence-electron chi connectivity index (χ0n) is 27.5. The Balaban J connectivity index is 0.000000209. The van der Waals surface area contributed by atoms with E-state index in [0.717, 1.165) is 28.9 Å². The van der Waals surface area contributed by atoms with Crippen LogP contribution in [0, 0.1) is 25.0 Å². The van der Waals surface area contributed by atoms with Crippen LogP contribution in [0.3, 0.4) is 0 Å². The summed E-state index contributed by atoms with van der Waals surface area (Å²) < 4.78 is 0. The smallest absolute Gasteiger partial charge is 0.0795 e. The first-order chi connectivity index (χ1) is 21.7. The molecule has 0 N–H and O–H groups in total. The summed E-state index contributed by atoms with van der Waals surface area (Å²) in [6, 6.07) is 43.0. The van der Waals surface area contributed by atoms with Crippen molar-refractivity contribution in [3.63, 3.8) is 0 Å². The SMILES string of the molecule is C[Si](C)(C)c1ccc(-c2[c-]cccc2)nc1.Cc1cnc(-c2[c-]cc3c4ccccc4c4ccccc4c3c2)cc1CC(C)C.[Ir]. The van der Waals surface area contributed by atoms with Crippen LogP contribution in [0.4, 0.5) is 0 Å². The second-order valence-corrected chi connectivity index (χ2v) is 18.4. The molecule has 0 unspecified atom stereocenters. The molecule has 0 fully saturated rings. The average Bonchev–Trinajstić information content (AvgIpc) is 3.06. The molecule has 0 amide bonds. The Bertz CT molecular complexity index is 2060. The van der Waals surface area contributed by atoms with E-state index in [0.29, 0.717) is 5.92 Å². The molecule has 0 bridgehead atoms. The minimum atomic E-state index is -1.23.